The lowest BCUT2D eigenvalue weighted by molar-refractivity contribution is 0.577. The van der Waals surface area contributed by atoms with Gasteiger partial charge >= 0.3 is 0 Å². The van der Waals surface area contributed by atoms with Crippen LogP contribution in [0.1, 0.15) is 0 Å². The third kappa shape index (κ3) is 2.52. The molecule has 0 unspecified atom stereocenters. The molecule has 0 saturated heterocycles. The maximum Gasteiger partial charge on any atom is 0.137 e. The van der Waals surface area contributed by atoms with Crippen LogP contribution in [-0.4, -0.2) is 0 Å². The lowest BCUT2D eigenvalue weighted by Crippen LogP contribution is -1.86. The van der Waals surface area contributed by atoms with Crippen LogP contribution in [-0.2, 0) is 0 Å². The van der Waals surface area contributed by atoms with Crippen LogP contribution in [0.3, 0.4) is 0 Å². The maximum absolute atomic E-state index is 13.3. The quantitative estimate of drug-likeness (QED) is 0.806. The van der Waals surface area contributed by atoms with Crippen LogP contribution in [0.15, 0.2) is 52.3 Å². The fraction of sp³-hybridized carbons (Fsp3) is 0. The number of nitrogen functional groups attached to an aromatic ring is 1. The molecule has 2 rings (SSSR count). The Balaban J connectivity index is 2.30. The van der Waals surface area contributed by atoms with Gasteiger partial charge in [-0.05, 0) is 36.4 Å². The molecule has 0 atom stereocenters. The normalized spacial score (nSPS) is 10.4. The minimum absolute atomic E-state index is 0.255. The van der Waals surface area contributed by atoms with Crippen LogP contribution in [0, 0.1) is 11.6 Å². The summed E-state index contributed by atoms with van der Waals surface area (Å²) in [6.45, 7) is 0. The van der Waals surface area contributed by atoms with Gasteiger partial charge in [0.2, 0.25) is 0 Å². The molecular weight excluding hydrogens is 228 g/mol. The Morgan fingerprint density at radius 2 is 1.81 bits per heavy atom. The lowest BCUT2D eigenvalue weighted by atomic mass is 10.3. The molecule has 0 aliphatic rings. The highest BCUT2D eigenvalue weighted by Crippen LogP contribution is 2.31. The van der Waals surface area contributed by atoms with Gasteiger partial charge in [-0.3, -0.25) is 0 Å². The first kappa shape index (κ1) is 11.0. The van der Waals surface area contributed by atoms with Gasteiger partial charge in [-0.2, -0.15) is 0 Å². The molecule has 16 heavy (non-hydrogen) atoms. The van der Waals surface area contributed by atoms with Crippen LogP contribution in [0.2, 0.25) is 0 Å². The van der Waals surface area contributed by atoms with Gasteiger partial charge in [0.25, 0.3) is 0 Å². The molecule has 0 aliphatic carbocycles. The number of rotatable bonds is 2. The Kier molecular flexibility index (Phi) is 3.10. The molecule has 0 bridgehead atoms. The van der Waals surface area contributed by atoms with Gasteiger partial charge in [-0.25, -0.2) is 8.78 Å². The molecule has 0 spiro atoms. The van der Waals surface area contributed by atoms with E-state index in [1.165, 1.54) is 6.07 Å². The molecule has 1 nitrogen and oxygen atoms in total. The molecule has 82 valence electrons. The van der Waals surface area contributed by atoms with Crippen molar-refractivity contribution in [3.05, 3.63) is 54.1 Å². The predicted octanol–water partition coefficient (Wildman–Crippen LogP) is 3.70. The molecule has 0 fully saturated rings. The van der Waals surface area contributed by atoms with Crippen molar-refractivity contribution < 1.29 is 8.78 Å². The Hall–Kier alpha value is -1.55. The summed E-state index contributed by atoms with van der Waals surface area (Å²) in [6.07, 6.45) is 0. The standard InChI is InChI=1S/C12H9F2NS/c13-8-4-5-11(14)12(6-8)16-10-3-1-2-9(15)7-10/h1-7H,15H2. The average Bonchev–Trinajstić information content (AvgIpc) is 2.24. The van der Waals surface area contributed by atoms with Gasteiger partial charge in [-0.15, -0.1) is 0 Å². The van der Waals surface area contributed by atoms with E-state index in [0.717, 1.165) is 28.8 Å². The highest BCUT2D eigenvalue weighted by atomic mass is 32.2. The monoisotopic (exact) mass is 237 g/mol. The minimum Gasteiger partial charge on any atom is -0.399 e. The smallest absolute Gasteiger partial charge is 0.137 e. The molecule has 4 heteroatoms. The Morgan fingerprint density at radius 1 is 1.00 bits per heavy atom. The van der Waals surface area contributed by atoms with Crippen molar-refractivity contribution in [2.45, 2.75) is 9.79 Å². The molecule has 2 aromatic carbocycles. The second-order valence-corrected chi connectivity index (χ2v) is 4.36. The van der Waals surface area contributed by atoms with E-state index in [4.69, 9.17) is 5.73 Å². The second-order valence-electron chi connectivity index (χ2n) is 3.25. The van der Waals surface area contributed by atoms with Gasteiger partial charge in [0.15, 0.2) is 0 Å². The van der Waals surface area contributed by atoms with Gasteiger partial charge in [0.05, 0.1) is 4.90 Å². The number of halogens is 2. The van der Waals surface area contributed by atoms with E-state index in [2.05, 4.69) is 0 Å². The zero-order chi connectivity index (χ0) is 11.5. The molecule has 0 aliphatic heterocycles. The third-order valence-corrected chi connectivity index (χ3v) is 3.00. The first-order valence-electron chi connectivity index (χ1n) is 4.63. The van der Waals surface area contributed by atoms with Gasteiger partial charge in [-0.1, -0.05) is 17.8 Å². The summed E-state index contributed by atoms with van der Waals surface area (Å²) in [7, 11) is 0. The predicted molar refractivity (Wildman–Crippen MR) is 61.3 cm³/mol. The van der Waals surface area contributed by atoms with E-state index < -0.39 is 11.6 Å². The Morgan fingerprint density at radius 3 is 2.56 bits per heavy atom. The van der Waals surface area contributed by atoms with E-state index in [1.807, 2.05) is 0 Å². The zero-order valence-electron chi connectivity index (χ0n) is 8.28. The number of hydrogen-bond acceptors (Lipinski definition) is 2. The van der Waals surface area contributed by atoms with Crippen molar-refractivity contribution in [2.24, 2.45) is 0 Å². The van der Waals surface area contributed by atoms with Crippen molar-refractivity contribution in [3.8, 4) is 0 Å². The largest absolute Gasteiger partial charge is 0.399 e. The molecule has 0 radical (unpaired) electrons. The van der Waals surface area contributed by atoms with Crippen LogP contribution in [0.5, 0.6) is 0 Å². The second kappa shape index (κ2) is 4.53. The molecule has 0 heterocycles. The van der Waals surface area contributed by atoms with Crippen molar-refractivity contribution in [2.75, 3.05) is 5.73 Å². The van der Waals surface area contributed by atoms with E-state index in [-0.39, 0.29) is 4.90 Å². The van der Waals surface area contributed by atoms with E-state index >= 15 is 0 Å². The lowest BCUT2D eigenvalue weighted by Gasteiger charge is -2.04. The molecule has 0 aromatic heterocycles. The number of anilines is 1. The summed E-state index contributed by atoms with van der Waals surface area (Å²) in [5, 5.41) is 0. The SMILES string of the molecule is Nc1cccc(Sc2cc(F)ccc2F)c1. The first-order chi connectivity index (χ1) is 7.65. The summed E-state index contributed by atoms with van der Waals surface area (Å²) in [5.74, 6) is -0.887. The van der Waals surface area contributed by atoms with Crippen LogP contribution in [0.25, 0.3) is 0 Å². The van der Waals surface area contributed by atoms with Gasteiger partial charge in [0.1, 0.15) is 11.6 Å². The van der Waals surface area contributed by atoms with E-state index in [1.54, 1.807) is 24.3 Å². The summed E-state index contributed by atoms with van der Waals surface area (Å²) in [5.41, 5.74) is 6.20. The van der Waals surface area contributed by atoms with E-state index in [0.29, 0.717) is 5.69 Å². The number of hydrogen-bond donors (Lipinski definition) is 1. The molecule has 0 saturated carbocycles. The molecule has 0 amide bonds. The van der Waals surface area contributed by atoms with Crippen LogP contribution >= 0.6 is 11.8 Å². The van der Waals surface area contributed by atoms with Crippen molar-refractivity contribution in [1.82, 2.24) is 0 Å². The zero-order valence-corrected chi connectivity index (χ0v) is 9.10. The summed E-state index contributed by atoms with van der Waals surface area (Å²) in [6, 6.07) is 10.4. The summed E-state index contributed by atoms with van der Waals surface area (Å²) in [4.78, 5) is 1.04. The molecule has 2 N–H and O–H groups in total. The topological polar surface area (TPSA) is 26.0 Å². The highest BCUT2D eigenvalue weighted by molar-refractivity contribution is 7.99. The van der Waals surface area contributed by atoms with Crippen molar-refractivity contribution in [3.63, 3.8) is 0 Å². The van der Waals surface area contributed by atoms with Gasteiger partial charge in [0, 0.05) is 10.6 Å². The number of nitrogens with two attached hydrogens (primary N) is 1. The Bertz CT molecular complexity index is 514. The average molecular weight is 237 g/mol. The fourth-order valence-electron chi connectivity index (χ4n) is 1.26. The van der Waals surface area contributed by atoms with Gasteiger partial charge < -0.3 is 5.73 Å². The van der Waals surface area contributed by atoms with Crippen molar-refractivity contribution in [1.29, 1.82) is 0 Å². The Labute approximate surface area is 96.3 Å². The fourth-order valence-corrected chi connectivity index (χ4v) is 2.19. The minimum atomic E-state index is -0.451. The first-order valence-corrected chi connectivity index (χ1v) is 5.45. The molecular formula is C12H9F2NS. The number of benzene rings is 2. The van der Waals surface area contributed by atoms with Crippen LogP contribution < -0.4 is 5.73 Å². The van der Waals surface area contributed by atoms with Crippen LogP contribution in [0.4, 0.5) is 14.5 Å². The summed E-state index contributed by atoms with van der Waals surface area (Å²) >= 11 is 1.15. The van der Waals surface area contributed by atoms with E-state index in [9.17, 15) is 8.78 Å². The molecule has 2 aromatic rings. The third-order valence-electron chi connectivity index (χ3n) is 1.98. The highest BCUT2D eigenvalue weighted by Gasteiger charge is 2.05. The van der Waals surface area contributed by atoms with Crippen molar-refractivity contribution >= 4 is 17.4 Å². The maximum atomic E-state index is 13.3. The summed E-state index contributed by atoms with van der Waals surface area (Å²) < 4.78 is 26.3.